The third-order valence-corrected chi connectivity index (χ3v) is 9.13. The molecule has 6 nitrogen and oxygen atoms in total. The van der Waals surface area contributed by atoms with Gasteiger partial charge in [-0.3, -0.25) is 0 Å². The van der Waals surface area contributed by atoms with E-state index in [-0.39, 0.29) is 20.0 Å². The van der Waals surface area contributed by atoms with Crippen molar-refractivity contribution in [1.82, 2.24) is 0 Å². The van der Waals surface area contributed by atoms with Crippen LogP contribution >= 0.6 is 0 Å². The van der Waals surface area contributed by atoms with Crippen LogP contribution in [-0.2, 0) is 18.9 Å². The fourth-order valence-corrected chi connectivity index (χ4v) is 6.03. The Bertz CT molecular complexity index is 705. The number of hydrogen-bond acceptors (Lipinski definition) is 6. The van der Waals surface area contributed by atoms with Gasteiger partial charge < -0.3 is 29.2 Å². The molecule has 0 aromatic carbocycles. The van der Waals surface area contributed by atoms with Gasteiger partial charge in [0.1, 0.15) is 0 Å². The predicted molar refractivity (Wildman–Crippen MR) is 208 cm³/mol. The van der Waals surface area contributed by atoms with Crippen LogP contribution in [0.2, 0.25) is 0 Å². The minimum absolute atomic E-state index is 0. The van der Waals surface area contributed by atoms with Gasteiger partial charge in [-0.1, -0.05) is 96.6 Å². The quantitative estimate of drug-likeness (QED) is 0.0443. The number of rotatable bonds is 30. The average Bonchev–Trinajstić information content (AvgIpc) is 3.12. The van der Waals surface area contributed by atoms with Gasteiger partial charge in [-0.2, -0.15) is 0 Å². The molecule has 0 aliphatic carbocycles. The van der Waals surface area contributed by atoms with Crippen molar-refractivity contribution in [3.63, 3.8) is 0 Å². The zero-order valence-corrected chi connectivity index (χ0v) is 31.3. The largest absolute Gasteiger partial charge is 0.396 e. The molecular weight excluding hydrogens is 612 g/mol. The Hall–Kier alpha value is -0.940. The van der Waals surface area contributed by atoms with E-state index in [1.54, 1.807) is 0 Å². The van der Waals surface area contributed by atoms with Gasteiger partial charge >= 0.3 is 0 Å². The third kappa shape index (κ3) is 36.6. The maximum absolute atomic E-state index is 8.71. The lowest BCUT2D eigenvalue weighted by atomic mass is 10.1. The van der Waals surface area contributed by atoms with Gasteiger partial charge in [-0.25, -0.2) is 0 Å². The van der Waals surface area contributed by atoms with Crippen molar-refractivity contribution in [1.29, 1.82) is 0 Å². The Morgan fingerprint density at radius 3 is 1.27 bits per heavy atom. The molecule has 6 heteroatoms. The molecule has 2 aliphatic rings. The van der Waals surface area contributed by atoms with Gasteiger partial charge in [0.2, 0.25) is 0 Å². The summed E-state index contributed by atoms with van der Waals surface area (Å²) in [6.45, 7) is 4.09. The lowest BCUT2D eigenvalue weighted by Gasteiger charge is -2.22. The molecule has 2 unspecified atom stereocenters. The normalized spacial score (nSPS) is 17.6. The number of hydrogen-bond donors (Lipinski definition) is 2. The van der Waals surface area contributed by atoms with Crippen molar-refractivity contribution in [3.05, 3.63) is 12.2 Å². The van der Waals surface area contributed by atoms with Gasteiger partial charge in [0, 0.05) is 52.5 Å². The molecule has 49 heavy (non-hydrogen) atoms. The van der Waals surface area contributed by atoms with E-state index < -0.39 is 0 Å². The first-order valence-corrected chi connectivity index (χ1v) is 20.7. The number of aliphatic hydroxyl groups is 2. The van der Waals surface area contributed by atoms with Crippen LogP contribution in [0.1, 0.15) is 200 Å². The van der Waals surface area contributed by atoms with E-state index in [2.05, 4.69) is 24.0 Å². The lowest BCUT2D eigenvalue weighted by molar-refractivity contribution is -0.163. The van der Waals surface area contributed by atoms with Crippen LogP contribution < -0.4 is 0 Å². The molecule has 0 bridgehead atoms. The van der Waals surface area contributed by atoms with Gasteiger partial charge in [0.15, 0.2) is 12.6 Å². The molecule has 2 aliphatic heterocycles. The molecule has 0 spiro atoms. The molecule has 0 amide bonds. The van der Waals surface area contributed by atoms with Crippen molar-refractivity contribution in [2.75, 3.05) is 39.6 Å². The highest BCUT2D eigenvalue weighted by atomic mass is 16.7. The summed E-state index contributed by atoms with van der Waals surface area (Å²) in [7, 11) is 0. The van der Waals surface area contributed by atoms with E-state index in [0.717, 1.165) is 84.2 Å². The number of ether oxygens (including phenoxy) is 4. The molecule has 2 heterocycles. The second kappa shape index (κ2) is 41.5. The monoisotopic (exact) mass is 695 g/mol. The molecule has 0 radical (unpaired) electrons. The number of unbranched alkanes of at least 4 members (excludes halogenated alkanes) is 20. The molecule has 2 atom stereocenters. The van der Waals surface area contributed by atoms with Crippen LogP contribution in [0.15, 0.2) is 12.2 Å². The molecule has 2 saturated heterocycles. The summed E-state index contributed by atoms with van der Waals surface area (Å²) in [6.07, 6.45) is 41.0. The molecule has 0 aromatic heterocycles. The van der Waals surface area contributed by atoms with Crippen molar-refractivity contribution in [2.45, 2.75) is 213 Å². The summed E-state index contributed by atoms with van der Waals surface area (Å²) in [5.41, 5.74) is 0. The van der Waals surface area contributed by atoms with Crippen LogP contribution in [0, 0.1) is 11.8 Å². The van der Waals surface area contributed by atoms with Gasteiger partial charge in [-0.15, -0.1) is 11.8 Å². The van der Waals surface area contributed by atoms with E-state index in [4.69, 9.17) is 29.2 Å². The minimum atomic E-state index is 0. The summed E-state index contributed by atoms with van der Waals surface area (Å²) in [4.78, 5) is 0. The van der Waals surface area contributed by atoms with Gasteiger partial charge in [0.25, 0.3) is 0 Å². The summed E-state index contributed by atoms with van der Waals surface area (Å²) in [6, 6.07) is 0. The topological polar surface area (TPSA) is 77.4 Å². The molecule has 2 N–H and O–H groups in total. The first-order chi connectivity index (χ1) is 23.9. The van der Waals surface area contributed by atoms with E-state index in [1.165, 1.54) is 135 Å². The van der Waals surface area contributed by atoms with Crippen LogP contribution in [0.3, 0.4) is 0 Å². The van der Waals surface area contributed by atoms with E-state index in [1.807, 2.05) is 0 Å². The van der Waals surface area contributed by atoms with Crippen molar-refractivity contribution < 1.29 is 29.2 Å². The Morgan fingerprint density at radius 1 is 0.469 bits per heavy atom. The first kappa shape index (κ1) is 48.1. The molecule has 0 aromatic rings. The SMILES string of the molecule is C.OCCCCCCCCCC/C=C\CCCCOC1CCCCO1.OCCCCCCCCCCC#CCCCCOC1CCCCO1. The summed E-state index contributed by atoms with van der Waals surface area (Å²) in [5, 5.41) is 17.4. The highest BCUT2D eigenvalue weighted by molar-refractivity contribution is 4.98. The highest BCUT2D eigenvalue weighted by Crippen LogP contribution is 2.16. The molecule has 2 fully saturated rings. The molecule has 0 saturated carbocycles. The fraction of sp³-hybridized carbons (Fsp3) is 0.907. The Labute approximate surface area is 304 Å². The lowest BCUT2D eigenvalue weighted by Crippen LogP contribution is -2.22. The van der Waals surface area contributed by atoms with E-state index in [0.29, 0.717) is 13.2 Å². The maximum Gasteiger partial charge on any atom is 0.157 e. The second-order valence-electron chi connectivity index (χ2n) is 13.8. The summed E-state index contributed by atoms with van der Waals surface area (Å²) >= 11 is 0. The van der Waals surface area contributed by atoms with Crippen molar-refractivity contribution in [2.24, 2.45) is 0 Å². The molecule has 290 valence electrons. The number of allylic oxidation sites excluding steroid dienone is 2. The summed E-state index contributed by atoms with van der Waals surface area (Å²) < 4.78 is 22.5. The second-order valence-corrected chi connectivity index (χ2v) is 13.8. The maximum atomic E-state index is 8.71. The Morgan fingerprint density at radius 2 is 0.837 bits per heavy atom. The van der Waals surface area contributed by atoms with E-state index in [9.17, 15) is 0 Å². The Balaban J connectivity index is 0.000000922. The molecular formula is C43H82O6. The zero-order chi connectivity index (χ0) is 34.3. The van der Waals surface area contributed by atoms with Crippen LogP contribution in [0.5, 0.6) is 0 Å². The smallest absolute Gasteiger partial charge is 0.157 e. The highest BCUT2D eigenvalue weighted by Gasteiger charge is 2.14. The predicted octanol–water partition coefficient (Wildman–Crippen LogP) is 11.6. The van der Waals surface area contributed by atoms with E-state index >= 15 is 0 Å². The van der Waals surface area contributed by atoms with Crippen LogP contribution in [0.4, 0.5) is 0 Å². The summed E-state index contributed by atoms with van der Waals surface area (Å²) in [5.74, 6) is 6.59. The molecule has 2 rings (SSSR count). The zero-order valence-electron chi connectivity index (χ0n) is 31.3. The van der Waals surface area contributed by atoms with Gasteiger partial charge in [0.05, 0.1) is 0 Å². The van der Waals surface area contributed by atoms with Gasteiger partial charge in [-0.05, 0) is 103 Å². The standard InChI is InChI=1S/C21H40O3.C21H38O3.CH4/c2*22-18-14-11-9-7-5-3-1-2-4-6-8-10-12-15-19-23-21-17-13-16-20-24-21;/h6,8,21-22H,1-5,7,9-20H2;21-22H,1-5,7,9-20H2;1H4/b8-6-;;. The van der Waals surface area contributed by atoms with Crippen LogP contribution in [-0.4, -0.2) is 62.4 Å². The average molecular weight is 695 g/mol. The Kier molecular flexibility index (Phi) is 40.7. The van der Waals surface area contributed by atoms with Crippen molar-refractivity contribution >= 4 is 0 Å². The van der Waals surface area contributed by atoms with Crippen molar-refractivity contribution in [3.8, 4) is 11.8 Å². The first-order valence-electron chi connectivity index (χ1n) is 20.7. The third-order valence-electron chi connectivity index (χ3n) is 9.13. The van der Waals surface area contributed by atoms with Crippen LogP contribution in [0.25, 0.3) is 0 Å². The fourth-order valence-electron chi connectivity index (χ4n) is 6.03. The minimum Gasteiger partial charge on any atom is -0.396 e. The number of aliphatic hydroxyl groups excluding tert-OH is 2.